The number of halogens is 1. The Kier molecular flexibility index (Phi) is 4.46. The van der Waals surface area contributed by atoms with Gasteiger partial charge in [0, 0.05) is 16.8 Å². The Balaban J connectivity index is 0.000000461. The van der Waals surface area contributed by atoms with Gasteiger partial charge in [-0.25, -0.2) is 0 Å². The molecule has 62 valence electrons. The number of hydrogen-bond donors (Lipinski definition) is 2. The van der Waals surface area contributed by atoms with Crippen molar-refractivity contribution in [3.05, 3.63) is 23.2 Å². The first-order valence-corrected chi connectivity index (χ1v) is 3.81. The summed E-state index contributed by atoms with van der Waals surface area (Å²) in [6.45, 7) is 4.00. The summed E-state index contributed by atoms with van der Waals surface area (Å²) in [6, 6.07) is 4.44. The largest absolute Gasteiger partial charge is 0.508 e. The molecule has 0 saturated heterocycles. The lowest BCUT2D eigenvalue weighted by Gasteiger charge is -1.94. The van der Waals surface area contributed by atoms with Gasteiger partial charge in [0.05, 0.1) is 0 Å². The van der Waals surface area contributed by atoms with E-state index in [-0.39, 0.29) is 5.75 Å². The van der Waals surface area contributed by atoms with Crippen LogP contribution in [0.1, 0.15) is 13.8 Å². The van der Waals surface area contributed by atoms with Crippen LogP contribution in [0.4, 0.5) is 5.69 Å². The fourth-order valence-corrected chi connectivity index (χ4v) is 0.834. The summed E-state index contributed by atoms with van der Waals surface area (Å²) in [5.74, 6) is 0.0972. The van der Waals surface area contributed by atoms with Crippen LogP contribution in [0.3, 0.4) is 0 Å². The minimum absolute atomic E-state index is 0.0972. The lowest BCUT2D eigenvalue weighted by molar-refractivity contribution is 0.475. The van der Waals surface area contributed by atoms with Gasteiger partial charge in [0.2, 0.25) is 0 Å². The second kappa shape index (κ2) is 4.85. The van der Waals surface area contributed by atoms with Crippen LogP contribution in [0.15, 0.2) is 18.2 Å². The number of benzene rings is 1. The van der Waals surface area contributed by atoms with Crippen molar-refractivity contribution in [3.63, 3.8) is 0 Å². The van der Waals surface area contributed by atoms with Gasteiger partial charge in [-0.3, -0.25) is 0 Å². The van der Waals surface area contributed by atoms with Crippen molar-refractivity contribution in [2.24, 2.45) is 0 Å². The van der Waals surface area contributed by atoms with Gasteiger partial charge in [0.15, 0.2) is 0 Å². The molecule has 0 atom stereocenters. The average molecular weight is 174 g/mol. The molecule has 1 rings (SSSR count). The van der Waals surface area contributed by atoms with Crippen molar-refractivity contribution in [1.82, 2.24) is 0 Å². The molecule has 0 fully saturated rings. The molecule has 0 heterocycles. The van der Waals surface area contributed by atoms with Crippen molar-refractivity contribution in [1.29, 1.82) is 0 Å². The average Bonchev–Trinajstić information content (AvgIpc) is 1.88. The summed E-state index contributed by atoms with van der Waals surface area (Å²) in [5, 5.41) is 9.28. The molecule has 0 aliphatic carbocycles. The normalized spacial score (nSPS) is 8.27. The van der Waals surface area contributed by atoms with Gasteiger partial charge in [-0.05, 0) is 12.1 Å². The first-order valence-electron chi connectivity index (χ1n) is 3.43. The minimum Gasteiger partial charge on any atom is -0.508 e. The third-order valence-corrected chi connectivity index (χ3v) is 1.12. The number of nitrogen functional groups attached to an aromatic ring is 1. The minimum atomic E-state index is 0.0972. The van der Waals surface area contributed by atoms with Crippen LogP contribution in [0.5, 0.6) is 5.75 Å². The molecule has 0 radical (unpaired) electrons. The Morgan fingerprint density at radius 1 is 1.27 bits per heavy atom. The zero-order valence-electron chi connectivity index (χ0n) is 6.63. The highest BCUT2D eigenvalue weighted by molar-refractivity contribution is 6.31. The van der Waals surface area contributed by atoms with Gasteiger partial charge in [-0.15, -0.1) is 0 Å². The van der Waals surface area contributed by atoms with E-state index in [9.17, 15) is 0 Å². The number of anilines is 1. The van der Waals surface area contributed by atoms with E-state index in [2.05, 4.69) is 0 Å². The molecule has 0 aliphatic heterocycles. The SMILES string of the molecule is CC.Nc1cc(O)cc(Cl)c1. The molecule has 3 N–H and O–H groups in total. The van der Waals surface area contributed by atoms with E-state index in [1.165, 1.54) is 12.1 Å². The molecular weight excluding hydrogens is 162 g/mol. The van der Waals surface area contributed by atoms with Crippen LogP contribution in [-0.2, 0) is 0 Å². The van der Waals surface area contributed by atoms with Crippen LogP contribution in [0, 0.1) is 0 Å². The summed E-state index contributed by atoms with van der Waals surface area (Å²) >= 11 is 5.51. The molecule has 2 nitrogen and oxygen atoms in total. The standard InChI is InChI=1S/C6H6ClNO.C2H6/c7-4-1-5(8)3-6(9)2-4;1-2/h1-3,9H,8H2;1-2H3. The first kappa shape index (κ1) is 10.1. The highest BCUT2D eigenvalue weighted by Gasteiger charge is 1.91. The van der Waals surface area contributed by atoms with Crippen molar-refractivity contribution in [3.8, 4) is 5.75 Å². The molecule has 1 aromatic rings. The predicted octanol–water partition coefficient (Wildman–Crippen LogP) is 2.65. The number of aromatic hydroxyl groups is 1. The Morgan fingerprint density at radius 3 is 2.18 bits per heavy atom. The first-order chi connectivity index (χ1) is 5.18. The summed E-state index contributed by atoms with van der Waals surface area (Å²) < 4.78 is 0. The van der Waals surface area contributed by atoms with Gasteiger partial charge in [-0.1, -0.05) is 25.4 Å². The van der Waals surface area contributed by atoms with E-state index in [1.54, 1.807) is 6.07 Å². The van der Waals surface area contributed by atoms with E-state index in [1.807, 2.05) is 13.8 Å². The van der Waals surface area contributed by atoms with E-state index in [0.717, 1.165) is 0 Å². The van der Waals surface area contributed by atoms with E-state index in [4.69, 9.17) is 22.4 Å². The maximum absolute atomic E-state index is 8.83. The lowest BCUT2D eigenvalue weighted by Crippen LogP contribution is -1.82. The number of phenols is 1. The molecular formula is C8H12ClNO. The Morgan fingerprint density at radius 2 is 1.82 bits per heavy atom. The smallest absolute Gasteiger partial charge is 0.119 e. The van der Waals surface area contributed by atoms with Crippen LogP contribution < -0.4 is 5.73 Å². The van der Waals surface area contributed by atoms with Gasteiger partial charge in [0.25, 0.3) is 0 Å². The number of rotatable bonds is 0. The number of phenolic OH excluding ortho intramolecular Hbond substituents is 1. The van der Waals surface area contributed by atoms with E-state index < -0.39 is 0 Å². The van der Waals surface area contributed by atoms with Crippen LogP contribution in [0.25, 0.3) is 0 Å². The monoisotopic (exact) mass is 173 g/mol. The van der Waals surface area contributed by atoms with Crippen molar-refractivity contribution in [2.45, 2.75) is 13.8 Å². The third-order valence-electron chi connectivity index (χ3n) is 0.905. The zero-order chi connectivity index (χ0) is 8.85. The molecule has 3 heteroatoms. The molecule has 0 unspecified atom stereocenters. The second-order valence-corrected chi connectivity index (χ2v) is 2.18. The van der Waals surface area contributed by atoms with Crippen LogP contribution in [-0.4, -0.2) is 5.11 Å². The number of hydrogen-bond acceptors (Lipinski definition) is 2. The summed E-state index contributed by atoms with van der Waals surface area (Å²) in [5.41, 5.74) is 5.79. The molecule has 11 heavy (non-hydrogen) atoms. The summed E-state index contributed by atoms with van der Waals surface area (Å²) in [4.78, 5) is 0. The molecule has 0 spiro atoms. The van der Waals surface area contributed by atoms with Crippen molar-refractivity contribution >= 4 is 17.3 Å². The lowest BCUT2D eigenvalue weighted by atomic mass is 10.3. The fraction of sp³-hybridized carbons (Fsp3) is 0.250. The zero-order valence-corrected chi connectivity index (χ0v) is 7.39. The Bertz CT molecular complexity index is 175. The Labute approximate surface area is 71.6 Å². The Hall–Kier alpha value is -0.890. The number of nitrogens with two attached hydrogens (primary N) is 1. The van der Waals surface area contributed by atoms with Gasteiger partial charge < -0.3 is 10.8 Å². The quantitative estimate of drug-likeness (QED) is 0.593. The van der Waals surface area contributed by atoms with Crippen LogP contribution in [0.2, 0.25) is 5.02 Å². The topological polar surface area (TPSA) is 46.2 Å². The molecule has 0 aliphatic rings. The highest BCUT2D eigenvalue weighted by Crippen LogP contribution is 2.20. The molecule has 0 amide bonds. The van der Waals surface area contributed by atoms with Crippen LogP contribution >= 0.6 is 11.6 Å². The van der Waals surface area contributed by atoms with Gasteiger partial charge in [-0.2, -0.15) is 0 Å². The summed E-state index contributed by atoms with van der Waals surface area (Å²) in [6.07, 6.45) is 0. The molecule has 1 aromatic carbocycles. The van der Waals surface area contributed by atoms with Gasteiger partial charge >= 0.3 is 0 Å². The van der Waals surface area contributed by atoms with E-state index >= 15 is 0 Å². The van der Waals surface area contributed by atoms with Gasteiger partial charge in [0.1, 0.15) is 5.75 Å². The second-order valence-electron chi connectivity index (χ2n) is 1.74. The summed E-state index contributed by atoms with van der Waals surface area (Å²) in [7, 11) is 0. The highest BCUT2D eigenvalue weighted by atomic mass is 35.5. The third kappa shape index (κ3) is 3.73. The molecule has 0 saturated carbocycles. The molecule has 0 bridgehead atoms. The van der Waals surface area contributed by atoms with E-state index in [0.29, 0.717) is 10.7 Å². The predicted molar refractivity (Wildman–Crippen MR) is 48.9 cm³/mol. The molecule has 0 aromatic heterocycles. The fourth-order valence-electron chi connectivity index (χ4n) is 0.596. The maximum Gasteiger partial charge on any atom is 0.119 e. The van der Waals surface area contributed by atoms with Crippen molar-refractivity contribution < 1.29 is 5.11 Å². The maximum atomic E-state index is 8.83. The van der Waals surface area contributed by atoms with Crippen molar-refractivity contribution in [2.75, 3.05) is 5.73 Å².